The van der Waals surface area contributed by atoms with Crippen molar-refractivity contribution in [3.63, 3.8) is 0 Å². The van der Waals surface area contributed by atoms with E-state index in [1.807, 2.05) is 18.3 Å². The molecular weight excluding hydrogens is 474 g/mol. The third-order valence-electron chi connectivity index (χ3n) is 7.22. The third kappa shape index (κ3) is 3.81. The molecule has 0 radical (unpaired) electrons. The van der Waals surface area contributed by atoms with Crippen LogP contribution in [-0.4, -0.2) is 60.4 Å². The summed E-state index contributed by atoms with van der Waals surface area (Å²) in [5.41, 5.74) is 8.71. The third-order valence-corrected chi connectivity index (χ3v) is 7.53. The van der Waals surface area contributed by atoms with Crippen LogP contribution < -0.4 is 10.3 Å². The van der Waals surface area contributed by atoms with E-state index in [1.165, 1.54) is 6.42 Å². The Balaban J connectivity index is 1.68. The number of nitrogens with zero attached hydrogens (tertiary/aromatic N) is 6. The summed E-state index contributed by atoms with van der Waals surface area (Å²) in [6.45, 7) is 6.68. The van der Waals surface area contributed by atoms with Crippen LogP contribution in [0.3, 0.4) is 0 Å². The number of halogens is 1. The van der Waals surface area contributed by atoms with Gasteiger partial charge in [0.15, 0.2) is 5.84 Å². The zero-order valence-corrected chi connectivity index (χ0v) is 21.0. The Morgan fingerprint density at radius 3 is 2.72 bits per heavy atom. The summed E-state index contributed by atoms with van der Waals surface area (Å²) in [5.74, 6) is 2.09. The Hall–Kier alpha value is -3.49. The fourth-order valence-electron chi connectivity index (χ4n) is 5.18. The smallest absolute Gasteiger partial charge is 0.150 e. The van der Waals surface area contributed by atoms with E-state index in [9.17, 15) is 0 Å². The number of para-hydroxylation sites is 1. The van der Waals surface area contributed by atoms with Crippen LogP contribution in [0.15, 0.2) is 52.7 Å². The largest absolute Gasteiger partial charge is 0.378 e. The van der Waals surface area contributed by atoms with Crippen molar-refractivity contribution in [2.45, 2.75) is 25.2 Å². The molecule has 0 spiro atoms. The van der Waals surface area contributed by atoms with Crippen molar-refractivity contribution in [3.8, 4) is 5.69 Å². The standard InChI is InChI=1S/C27H28ClN7O/c1-29-26(33-30-2)20-15-18(34-11-13-36-14-12-34)16-23-25(20)32-27(17-5-3-6-17)35(23)22-9-10-31-24-19(22)7-4-8-21(24)28/h4,7-10,15-17H,2-3,5-6,11-14H2,1H3,(H,29,33). The first kappa shape index (κ1) is 22.9. The molecule has 1 aliphatic carbocycles. The van der Waals surface area contributed by atoms with Gasteiger partial charge in [0.25, 0.3) is 0 Å². The van der Waals surface area contributed by atoms with Crippen LogP contribution in [0, 0.1) is 0 Å². The molecule has 1 aliphatic heterocycles. The molecule has 0 bridgehead atoms. The van der Waals surface area contributed by atoms with Crippen molar-refractivity contribution in [3.05, 3.63) is 59.0 Å². The number of pyridine rings is 1. The lowest BCUT2D eigenvalue weighted by atomic mass is 9.84. The second-order valence-corrected chi connectivity index (χ2v) is 9.61. The summed E-state index contributed by atoms with van der Waals surface area (Å²) in [7, 11) is 1.75. The number of hydrogen-bond acceptors (Lipinski definition) is 6. The second kappa shape index (κ2) is 9.52. The van der Waals surface area contributed by atoms with Gasteiger partial charge in [-0.2, -0.15) is 5.10 Å². The maximum Gasteiger partial charge on any atom is 0.150 e. The first-order valence-corrected chi connectivity index (χ1v) is 12.7. The fraction of sp³-hybridized carbons (Fsp3) is 0.333. The van der Waals surface area contributed by atoms with Crippen molar-refractivity contribution >= 4 is 51.8 Å². The highest BCUT2D eigenvalue weighted by Crippen LogP contribution is 2.41. The number of imidazole rings is 1. The van der Waals surface area contributed by atoms with E-state index < -0.39 is 0 Å². The van der Waals surface area contributed by atoms with Gasteiger partial charge in [0, 0.05) is 55.6 Å². The molecule has 3 heterocycles. The molecular formula is C27H28ClN7O. The van der Waals surface area contributed by atoms with Gasteiger partial charge in [0.05, 0.1) is 35.0 Å². The average molecular weight is 502 g/mol. The second-order valence-electron chi connectivity index (χ2n) is 9.20. The Labute approximate surface area is 214 Å². The quantitative estimate of drug-likeness (QED) is 0.239. The maximum atomic E-state index is 6.55. The molecule has 2 aliphatic rings. The highest BCUT2D eigenvalue weighted by atomic mass is 35.5. The predicted octanol–water partition coefficient (Wildman–Crippen LogP) is 4.91. The maximum absolute atomic E-state index is 6.55. The summed E-state index contributed by atoms with van der Waals surface area (Å²) >= 11 is 6.55. The summed E-state index contributed by atoms with van der Waals surface area (Å²) < 4.78 is 7.93. The van der Waals surface area contributed by atoms with Crippen LogP contribution in [0.1, 0.15) is 36.6 Å². The number of benzene rings is 2. The van der Waals surface area contributed by atoms with Gasteiger partial charge >= 0.3 is 0 Å². The number of amidine groups is 1. The Bertz CT molecular complexity index is 1480. The normalized spacial score (nSPS) is 16.9. The van der Waals surface area contributed by atoms with Crippen LogP contribution >= 0.6 is 11.6 Å². The van der Waals surface area contributed by atoms with Gasteiger partial charge in [-0.25, -0.2) is 4.98 Å². The van der Waals surface area contributed by atoms with Crippen molar-refractivity contribution in [2.24, 2.45) is 10.1 Å². The molecule has 184 valence electrons. The first-order valence-electron chi connectivity index (χ1n) is 12.3. The zero-order chi connectivity index (χ0) is 24.6. The number of morpholine rings is 1. The lowest BCUT2D eigenvalue weighted by Crippen LogP contribution is -2.36. The van der Waals surface area contributed by atoms with Gasteiger partial charge in [0.2, 0.25) is 0 Å². The monoisotopic (exact) mass is 501 g/mol. The lowest BCUT2D eigenvalue weighted by Gasteiger charge is -2.29. The number of anilines is 1. The van der Waals surface area contributed by atoms with Crippen LogP contribution in [-0.2, 0) is 4.74 Å². The van der Waals surface area contributed by atoms with Crippen molar-refractivity contribution in [1.29, 1.82) is 0 Å². The number of nitrogens with one attached hydrogen (secondary N) is 1. The zero-order valence-electron chi connectivity index (χ0n) is 20.2. The number of hydrazone groups is 1. The SMILES string of the molecule is C=NNC(=NC)c1cc(N2CCOCC2)cc2c1nc(C1CCC1)n2-c1ccnc2c(Cl)cccc12. The summed E-state index contributed by atoms with van der Waals surface area (Å²) in [4.78, 5) is 16.7. The molecule has 9 heteroatoms. The number of ether oxygens (including phenoxy) is 1. The molecule has 2 aromatic heterocycles. The van der Waals surface area contributed by atoms with E-state index in [0.717, 1.165) is 70.6 Å². The van der Waals surface area contributed by atoms with Crippen LogP contribution in [0.2, 0.25) is 5.02 Å². The Morgan fingerprint density at radius 2 is 2.00 bits per heavy atom. The number of aromatic nitrogens is 3. The minimum absolute atomic E-state index is 0.395. The van der Waals surface area contributed by atoms with E-state index in [4.69, 9.17) is 21.3 Å². The number of rotatable bonds is 5. The minimum Gasteiger partial charge on any atom is -0.378 e. The van der Waals surface area contributed by atoms with Crippen LogP contribution in [0.25, 0.3) is 27.6 Å². The highest BCUT2D eigenvalue weighted by Gasteiger charge is 2.29. The molecule has 1 saturated heterocycles. The van der Waals surface area contributed by atoms with Gasteiger partial charge < -0.3 is 9.64 Å². The van der Waals surface area contributed by atoms with E-state index in [2.05, 4.69) is 61.0 Å². The van der Waals surface area contributed by atoms with Gasteiger partial charge in [-0.15, -0.1) is 0 Å². The van der Waals surface area contributed by atoms with Gasteiger partial charge in [-0.05, 0) is 37.1 Å². The molecule has 0 amide bonds. The average Bonchev–Trinajstić information content (AvgIpc) is 3.24. The van der Waals surface area contributed by atoms with Crippen molar-refractivity contribution in [2.75, 3.05) is 38.3 Å². The van der Waals surface area contributed by atoms with Crippen LogP contribution in [0.4, 0.5) is 5.69 Å². The summed E-state index contributed by atoms with van der Waals surface area (Å²) in [5, 5.41) is 5.55. The first-order chi connectivity index (χ1) is 17.7. The lowest BCUT2D eigenvalue weighted by molar-refractivity contribution is 0.122. The fourth-order valence-corrected chi connectivity index (χ4v) is 5.41. The Morgan fingerprint density at radius 1 is 1.17 bits per heavy atom. The number of hydrogen-bond donors (Lipinski definition) is 1. The number of fused-ring (bicyclic) bond motifs is 2. The molecule has 0 unspecified atom stereocenters. The molecule has 2 fully saturated rings. The van der Waals surface area contributed by atoms with Crippen LogP contribution in [0.5, 0.6) is 0 Å². The molecule has 2 aromatic carbocycles. The number of aliphatic imine (C=N–C) groups is 1. The molecule has 0 atom stereocenters. The molecule has 1 N–H and O–H groups in total. The van der Waals surface area contributed by atoms with Gasteiger partial charge in [-0.3, -0.25) is 20.0 Å². The van der Waals surface area contributed by atoms with Gasteiger partial charge in [-0.1, -0.05) is 30.2 Å². The van der Waals surface area contributed by atoms with E-state index in [0.29, 0.717) is 30.0 Å². The summed E-state index contributed by atoms with van der Waals surface area (Å²) in [6.07, 6.45) is 5.29. The molecule has 1 saturated carbocycles. The molecule has 4 aromatic rings. The van der Waals surface area contributed by atoms with E-state index in [-0.39, 0.29) is 0 Å². The molecule has 36 heavy (non-hydrogen) atoms. The molecule has 8 nitrogen and oxygen atoms in total. The van der Waals surface area contributed by atoms with Gasteiger partial charge in [0.1, 0.15) is 11.3 Å². The van der Waals surface area contributed by atoms with E-state index in [1.54, 1.807) is 7.05 Å². The Kier molecular flexibility index (Phi) is 6.07. The van der Waals surface area contributed by atoms with Crippen molar-refractivity contribution < 1.29 is 4.74 Å². The van der Waals surface area contributed by atoms with E-state index >= 15 is 0 Å². The minimum atomic E-state index is 0.395. The van der Waals surface area contributed by atoms with Crippen molar-refractivity contribution in [1.82, 2.24) is 20.0 Å². The topological polar surface area (TPSA) is 79.9 Å². The summed E-state index contributed by atoms with van der Waals surface area (Å²) in [6, 6.07) is 12.4. The molecule has 6 rings (SSSR count). The highest BCUT2D eigenvalue weighted by molar-refractivity contribution is 6.35. The predicted molar refractivity (Wildman–Crippen MR) is 146 cm³/mol.